The van der Waals surface area contributed by atoms with Gasteiger partial charge >= 0.3 is 7.12 Å². The molecule has 0 heterocycles. The van der Waals surface area contributed by atoms with Gasteiger partial charge in [0.15, 0.2) is 0 Å². The third-order valence-electron chi connectivity index (χ3n) is 4.15. The second kappa shape index (κ2) is 6.25. The Bertz CT molecular complexity index is 452. The van der Waals surface area contributed by atoms with Gasteiger partial charge in [-0.3, -0.25) is 0 Å². The molecule has 1 aromatic rings. The maximum absolute atomic E-state index is 13.1. The van der Waals surface area contributed by atoms with Crippen molar-refractivity contribution in [1.82, 2.24) is 0 Å². The highest BCUT2D eigenvalue weighted by Crippen LogP contribution is 2.36. The van der Waals surface area contributed by atoms with Crippen molar-refractivity contribution in [3.8, 4) is 0 Å². The topological polar surface area (TPSA) is 49.7 Å². The Morgan fingerprint density at radius 3 is 2.55 bits per heavy atom. The molecule has 2 N–H and O–H groups in total. The first-order chi connectivity index (χ1) is 9.37. The smallest absolute Gasteiger partial charge is 0.423 e. The zero-order valence-corrected chi connectivity index (χ0v) is 12.1. The van der Waals surface area contributed by atoms with Crippen LogP contribution in [0.2, 0.25) is 0 Å². The Morgan fingerprint density at radius 2 is 1.95 bits per heavy atom. The van der Waals surface area contributed by atoms with Gasteiger partial charge in [0.05, 0.1) is 12.7 Å². The number of rotatable bonds is 4. The SMILES string of the molecule is CC1(C)CCC(OCc2ccc(F)cc2B(O)O)CC1. The summed E-state index contributed by atoms with van der Waals surface area (Å²) in [6, 6.07) is 4.01. The average molecular weight is 280 g/mol. The van der Waals surface area contributed by atoms with Gasteiger partial charge in [0.25, 0.3) is 0 Å². The Balaban J connectivity index is 1.94. The molecule has 2 rings (SSSR count). The van der Waals surface area contributed by atoms with Gasteiger partial charge in [0, 0.05) is 0 Å². The standard InChI is InChI=1S/C15H22BFO3/c1-15(2)7-5-13(6-8-15)20-10-11-3-4-12(17)9-14(11)16(18)19/h3-4,9,13,18-19H,5-8,10H2,1-2H3. The molecule has 0 aliphatic heterocycles. The molecule has 0 bridgehead atoms. The van der Waals surface area contributed by atoms with Gasteiger partial charge in [-0.2, -0.15) is 0 Å². The first-order valence-corrected chi connectivity index (χ1v) is 7.13. The molecule has 0 radical (unpaired) electrons. The molecule has 1 aliphatic carbocycles. The van der Waals surface area contributed by atoms with Crippen LogP contribution >= 0.6 is 0 Å². The molecule has 0 saturated heterocycles. The molecule has 0 aromatic heterocycles. The van der Waals surface area contributed by atoms with Crippen molar-refractivity contribution in [2.24, 2.45) is 5.41 Å². The minimum absolute atomic E-state index is 0.182. The Labute approximate surface area is 119 Å². The fourth-order valence-electron chi connectivity index (χ4n) is 2.68. The van der Waals surface area contributed by atoms with E-state index in [9.17, 15) is 14.4 Å². The molecule has 0 atom stereocenters. The van der Waals surface area contributed by atoms with E-state index in [4.69, 9.17) is 4.74 Å². The molecule has 5 heteroatoms. The predicted molar refractivity (Wildman–Crippen MR) is 77.1 cm³/mol. The van der Waals surface area contributed by atoms with Crippen LogP contribution in [0.4, 0.5) is 4.39 Å². The zero-order chi connectivity index (χ0) is 14.8. The summed E-state index contributed by atoms with van der Waals surface area (Å²) >= 11 is 0. The van der Waals surface area contributed by atoms with E-state index >= 15 is 0 Å². The van der Waals surface area contributed by atoms with Gasteiger partial charge in [-0.05, 0) is 54.3 Å². The summed E-state index contributed by atoms with van der Waals surface area (Å²) in [6.07, 6.45) is 4.51. The molecule has 3 nitrogen and oxygen atoms in total. The highest BCUT2D eigenvalue weighted by atomic mass is 19.1. The van der Waals surface area contributed by atoms with Crippen molar-refractivity contribution in [2.75, 3.05) is 0 Å². The van der Waals surface area contributed by atoms with E-state index in [1.165, 1.54) is 6.07 Å². The Kier molecular flexibility index (Phi) is 4.84. The lowest BCUT2D eigenvalue weighted by Crippen LogP contribution is -2.34. The molecule has 20 heavy (non-hydrogen) atoms. The van der Waals surface area contributed by atoms with Crippen molar-refractivity contribution < 1.29 is 19.2 Å². The van der Waals surface area contributed by atoms with Crippen LogP contribution < -0.4 is 5.46 Å². The molecule has 110 valence electrons. The Hall–Kier alpha value is -0.905. The number of benzene rings is 1. The highest BCUT2D eigenvalue weighted by Gasteiger charge is 2.27. The number of halogens is 1. The van der Waals surface area contributed by atoms with E-state index in [1.807, 2.05) is 0 Å². The van der Waals surface area contributed by atoms with Crippen LogP contribution in [0.5, 0.6) is 0 Å². The molecular formula is C15H22BFO3. The Morgan fingerprint density at radius 1 is 1.30 bits per heavy atom. The molecule has 0 spiro atoms. The van der Waals surface area contributed by atoms with Gasteiger partial charge in [-0.15, -0.1) is 0 Å². The summed E-state index contributed by atoms with van der Waals surface area (Å²) in [6.45, 7) is 4.82. The lowest BCUT2D eigenvalue weighted by Gasteiger charge is -2.34. The fraction of sp³-hybridized carbons (Fsp3) is 0.600. The quantitative estimate of drug-likeness (QED) is 0.829. The van der Waals surface area contributed by atoms with E-state index in [2.05, 4.69) is 13.8 Å². The maximum Gasteiger partial charge on any atom is 0.488 e. The van der Waals surface area contributed by atoms with E-state index in [-0.39, 0.29) is 11.6 Å². The van der Waals surface area contributed by atoms with Gasteiger partial charge < -0.3 is 14.8 Å². The van der Waals surface area contributed by atoms with Crippen LogP contribution in [0.15, 0.2) is 18.2 Å². The number of hydrogen-bond donors (Lipinski definition) is 2. The molecule has 0 unspecified atom stereocenters. The van der Waals surface area contributed by atoms with Gasteiger partial charge in [-0.1, -0.05) is 19.9 Å². The van der Waals surface area contributed by atoms with Crippen molar-refractivity contribution in [2.45, 2.75) is 52.2 Å². The molecular weight excluding hydrogens is 258 g/mol. The molecule has 1 fully saturated rings. The van der Waals surface area contributed by atoms with Crippen molar-refractivity contribution in [3.63, 3.8) is 0 Å². The normalized spacial score (nSPS) is 19.1. The number of ether oxygens (including phenoxy) is 1. The fourth-order valence-corrected chi connectivity index (χ4v) is 2.68. The lowest BCUT2D eigenvalue weighted by atomic mass is 9.76. The van der Waals surface area contributed by atoms with Crippen LogP contribution in [0.3, 0.4) is 0 Å². The summed E-state index contributed by atoms with van der Waals surface area (Å²) in [5.41, 5.74) is 1.20. The average Bonchev–Trinajstić information content (AvgIpc) is 2.38. The summed E-state index contributed by atoms with van der Waals surface area (Å²) < 4.78 is 19.0. The minimum atomic E-state index is -1.67. The summed E-state index contributed by atoms with van der Waals surface area (Å²) in [4.78, 5) is 0. The van der Waals surface area contributed by atoms with Crippen molar-refractivity contribution >= 4 is 12.6 Å². The monoisotopic (exact) mass is 280 g/mol. The van der Waals surface area contributed by atoms with Crippen LogP contribution in [-0.4, -0.2) is 23.3 Å². The maximum atomic E-state index is 13.1. The molecule has 0 amide bonds. The first-order valence-electron chi connectivity index (χ1n) is 7.13. The highest BCUT2D eigenvalue weighted by molar-refractivity contribution is 6.59. The second-order valence-corrected chi connectivity index (χ2v) is 6.39. The van der Waals surface area contributed by atoms with Crippen molar-refractivity contribution in [1.29, 1.82) is 0 Å². The van der Waals surface area contributed by atoms with E-state index in [0.29, 0.717) is 17.6 Å². The summed E-state index contributed by atoms with van der Waals surface area (Å²) in [5.74, 6) is -0.476. The third kappa shape index (κ3) is 4.04. The lowest BCUT2D eigenvalue weighted by molar-refractivity contribution is -0.00536. The van der Waals surface area contributed by atoms with Crippen LogP contribution in [-0.2, 0) is 11.3 Å². The van der Waals surface area contributed by atoms with E-state index < -0.39 is 12.9 Å². The van der Waals surface area contributed by atoms with Gasteiger partial charge in [-0.25, -0.2) is 4.39 Å². The predicted octanol–water partition coefficient (Wildman–Crippen LogP) is 1.99. The number of hydrogen-bond acceptors (Lipinski definition) is 3. The first kappa shape index (κ1) is 15.5. The van der Waals surface area contributed by atoms with Crippen LogP contribution in [0, 0.1) is 11.2 Å². The third-order valence-corrected chi connectivity index (χ3v) is 4.15. The molecule has 1 aliphatic rings. The van der Waals surface area contributed by atoms with E-state index in [1.54, 1.807) is 6.07 Å². The second-order valence-electron chi connectivity index (χ2n) is 6.39. The van der Waals surface area contributed by atoms with E-state index in [0.717, 1.165) is 31.7 Å². The van der Waals surface area contributed by atoms with Gasteiger partial charge in [0.2, 0.25) is 0 Å². The van der Waals surface area contributed by atoms with Gasteiger partial charge in [0.1, 0.15) is 5.82 Å². The summed E-state index contributed by atoms with van der Waals surface area (Å²) in [5, 5.41) is 18.5. The van der Waals surface area contributed by atoms with Crippen LogP contribution in [0.25, 0.3) is 0 Å². The van der Waals surface area contributed by atoms with Crippen LogP contribution in [0.1, 0.15) is 45.1 Å². The molecule has 1 saturated carbocycles. The minimum Gasteiger partial charge on any atom is -0.423 e. The molecule has 1 aromatic carbocycles. The van der Waals surface area contributed by atoms with Crippen molar-refractivity contribution in [3.05, 3.63) is 29.6 Å². The summed E-state index contributed by atoms with van der Waals surface area (Å²) in [7, 11) is -1.67. The largest absolute Gasteiger partial charge is 0.488 e. The zero-order valence-electron chi connectivity index (χ0n) is 12.1.